The van der Waals surface area contributed by atoms with Crippen LogP contribution in [-0.2, 0) is 0 Å². The van der Waals surface area contributed by atoms with Crippen molar-refractivity contribution in [2.75, 3.05) is 12.3 Å². The molecule has 2 aliphatic heterocycles. The van der Waals surface area contributed by atoms with Crippen molar-refractivity contribution in [3.05, 3.63) is 0 Å². The van der Waals surface area contributed by atoms with Crippen LogP contribution in [0, 0.1) is 12.3 Å². The quantitative estimate of drug-likeness (QED) is 0.665. The van der Waals surface area contributed by atoms with Crippen molar-refractivity contribution in [1.82, 2.24) is 4.90 Å². The molecule has 80 valence electrons. The monoisotopic (exact) mass is 223 g/mol. The first-order valence-electron chi connectivity index (χ1n) is 4.81. The zero-order valence-electron chi connectivity index (χ0n) is 8.56. The van der Waals surface area contributed by atoms with Gasteiger partial charge in [0.1, 0.15) is 11.4 Å². The second-order valence-corrected chi connectivity index (χ2v) is 5.35. The van der Waals surface area contributed by atoms with Gasteiger partial charge in [-0.2, -0.15) is 16.8 Å². The van der Waals surface area contributed by atoms with Crippen LogP contribution in [0.2, 0.25) is 0 Å². The van der Waals surface area contributed by atoms with Gasteiger partial charge in [-0.1, -0.05) is 12.8 Å². The van der Waals surface area contributed by atoms with E-state index in [0.717, 1.165) is 12.2 Å². The number of rotatable bonds is 1. The fourth-order valence-corrected chi connectivity index (χ4v) is 3.51. The van der Waals surface area contributed by atoms with Crippen LogP contribution >= 0.6 is 11.8 Å². The zero-order valence-corrected chi connectivity index (χ0v) is 9.38. The summed E-state index contributed by atoms with van der Waals surface area (Å²) in [7, 11) is 0. The number of nitrogens with two attached hydrogens (primary N) is 1. The number of amides is 2. The van der Waals surface area contributed by atoms with Gasteiger partial charge in [0, 0.05) is 11.0 Å². The maximum absolute atomic E-state index is 11.6. The molecular weight excluding hydrogens is 210 g/mol. The lowest BCUT2D eigenvalue weighted by atomic mass is 9.94. The number of carbonyl (C=O) groups excluding carboxylic acids is 1. The first kappa shape index (κ1) is 10.4. The number of nitrogens with zero attached hydrogens (tertiary/aromatic N) is 2. The van der Waals surface area contributed by atoms with Gasteiger partial charge >= 0.3 is 6.03 Å². The molecule has 0 aromatic carbocycles. The molecule has 5 heteroatoms. The van der Waals surface area contributed by atoms with Crippen molar-refractivity contribution < 1.29 is 4.79 Å². The molecule has 2 heterocycles. The fourth-order valence-electron chi connectivity index (χ4n) is 2.14. The summed E-state index contributed by atoms with van der Waals surface area (Å²) < 4.78 is 0. The van der Waals surface area contributed by atoms with E-state index in [1.54, 1.807) is 16.7 Å². The van der Waals surface area contributed by atoms with Crippen LogP contribution in [0.3, 0.4) is 0 Å². The van der Waals surface area contributed by atoms with E-state index in [2.05, 4.69) is 17.8 Å². The SMILES string of the molecule is C#CCN1C(=O)N=C(N)C12CSC(C)C2. The van der Waals surface area contributed by atoms with E-state index in [1.807, 2.05) is 0 Å². The molecule has 2 aliphatic rings. The van der Waals surface area contributed by atoms with Crippen LogP contribution in [0.25, 0.3) is 0 Å². The maximum atomic E-state index is 11.6. The van der Waals surface area contributed by atoms with Gasteiger partial charge in [-0.3, -0.25) is 4.90 Å². The summed E-state index contributed by atoms with van der Waals surface area (Å²) in [5, 5.41) is 0.491. The third-order valence-corrected chi connectivity index (χ3v) is 4.30. The predicted molar refractivity (Wildman–Crippen MR) is 61.8 cm³/mol. The van der Waals surface area contributed by atoms with E-state index in [9.17, 15) is 4.79 Å². The maximum Gasteiger partial charge on any atom is 0.346 e. The highest BCUT2D eigenvalue weighted by molar-refractivity contribution is 8.00. The molecule has 2 unspecified atom stereocenters. The molecular formula is C10H13N3OS. The normalized spacial score (nSPS) is 34.7. The molecule has 1 saturated heterocycles. The summed E-state index contributed by atoms with van der Waals surface area (Å²) in [5.41, 5.74) is 5.44. The molecule has 2 rings (SSSR count). The molecule has 0 aromatic rings. The van der Waals surface area contributed by atoms with Gasteiger partial charge in [-0.25, -0.2) is 4.79 Å². The van der Waals surface area contributed by atoms with Gasteiger partial charge in [0.2, 0.25) is 0 Å². The van der Waals surface area contributed by atoms with Gasteiger partial charge in [-0.05, 0) is 6.42 Å². The first-order chi connectivity index (χ1) is 7.10. The Morgan fingerprint density at radius 3 is 3.13 bits per heavy atom. The van der Waals surface area contributed by atoms with Crippen molar-refractivity contribution in [3.8, 4) is 12.3 Å². The Morgan fingerprint density at radius 2 is 2.60 bits per heavy atom. The number of carbonyl (C=O) groups is 1. The lowest BCUT2D eigenvalue weighted by Crippen LogP contribution is -2.54. The van der Waals surface area contributed by atoms with Crippen molar-refractivity contribution in [2.24, 2.45) is 10.7 Å². The molecule has 4 nitrogen and oxygen atoms in total. The number of thioether (sulfide) groups is 1. The van der Waals surface area contributed by atoms with Crippen LogP contribution in [0.1, 0.15) is 13.3 Å². The fraction of sp³-hybridized carbons (Fsp3) is 0.600. The highest BCUT2D eigenvalue weighted by atomic mass is 32.2. The molecule has 0 saturated carbocycles. The summed E-state index contributed by atoms with van der Waals surface area (Å²) in [6, 6.07) is -0.292. The van der Waals surface area contributed by atoms with Crippen LogP contribution in [0.15, 0.2) is 4.99 Å². The molecule has 2 atom stereocenters. The van der Waals surface area contributed by atoms with E-state index in [-0.39, 0.29) is 12.6 Å². The molecule has 2 N–H and O–H groups in total. The van der Waals surface area contributed by atoms with E-state index in [1.165, 1.54) is 0 Å². The summed E-state index contributed by atoms with van der Waals surface area (Å²) >= 11 is 1.81. The van der Waals surface area contributed by atoms with Gasteiger partial charge in [0.15, 0.2) is 0 Å². The topological polar surface area (TPSA) is 58.7 Å². The van der Waals surface area contributed by atoms with Crippen LogP contribution in [0.4, 0.5) is 4.79 Å². The molecule has 15 heavy (non-hydrogen) atoms. The zero-order chi connectivity index (χ0) is 11.1. The molecule has 2 amide bonds. The first-order valence-corrected chi connectivity index (χ1v) is 5.86. The standard InChI is InChI=1S/C10H13N3OS/c1-3-4-13-9(14)12-8(11)10(13)5-7(2)15-6-10/h1,7H,4-6H2,2H3,(H2,11,12,14). The van der Waals surface area contributed by atoms with Gasteiger partial charge in [0.25, 0.3) is 0 Å². The number of hydrogen-bond acceptors (Lipinski definition) is 3. The summed E-state index contributed by atoms with van der Waals surface area (Å²) in [6.45, 7) is 2.42. The second kappa shape index (κ2) is 3.46. The molecule has 1 spiro atoms. The van der Waals surface area contributed by atoms with Crippen molar-refractivity contribution in [3.63, 3.8) is 0 Å². The summed E-state index contributed by atoms with van der Waals surface area (Å²) in [6.07, 6.45) is 6.11. The summed E-state index contributed by atoms with van der Waals surface area (Å²) in [4.78, 5) is 17.1. The molecule has 0 aliphatic carbocycles. The molecule has 1 fully saturated rings. The molecule has 0 bridgehead atoms. The number of urea groups is 1. The van der Waals surface area contributed by atoms with Gasteiger partial charge < -0.3 is 5.73 Å². The van der Waals surface area contributed by atoms with Crippen molar-refractivity contribution in [1.29, 1.82) is 0 Å². The van der Waals surface area contributed by atoms with Crippen LogP contribution in [0.5, 0.6) is 0 Å². The minimum Gasteiger partial charge on any atom is -0.385 e. The number of hydrogen-bond donors (Lipinski definition) is 1. The minimum atomic E-state index is -0.409. The lowest BCUT2D eigenvalue weighted by molar-refractivity contribution is 0.189. The van der Waals surface area contributed by atoms with Crippen LogP contribution in [-0.4, -0.2) is 39.9 Å². The Balaban J connectivity index is 2.32. The minimum absolute atomic E-state index is 0.288. The molecule has 0 radical (unpaired) electrons. The van der Waals surface area contributed by atoms with E-state index >= 15 is 0 Å². The highest BCUT2D eigenvalue weighted by Crippen LogP contribution is 2.41. The Morgan fingerprint density at radius 1 is 1.87 bits per heavy atom. The average Bonchev–Trinajstić information content (AvgIpc) is 2.65. The van der Waals surface area contributed by atoms with Crippen molar-refractivity contribution >= 4 is 23.6 Å². The Bertz CT molecular complexity index is 373. The summed E-state index contributed by atoms with van der Waals surface area (Å²) in [5.74, 6) is 3.73. The van der Waals surface area contributed by atoms with Crippen LogP contribution < -0.4 is 5.73 Å². The largest absolute Gasteiger partial charge is 0.385 e. The van der Waals surface area contributed by atoms with Gasteiger partial charge in [0.05, 0.1) is 6.54 Å². The predicted octanol–water partition coefficient (Wildman–Crippen LogP) is 0.677. The van der Waals surface area contributed by atoms with Crippen molar-refractivity contribution in [2.45, 2.75) is 24.1 Å². The number of aliphatic imine (C=N–C) groups is 1. The highest BCUT2D eigenvalue weighted by Gasteiger charge is 2.52. The van der Waals surface area contributed by atoms with E-state index in [0.29, 0.717) is 11.1 Å². The van der Waals surface area contributed by atoms with E-state index < -0.39 is 5.54 Å². The smallest absolute Gasteiger partial charge is 0.346 e. The van der Waals surface area contributed by atoms with Gasteiger partial charge in [-0.15, -0.1) is 6.42 Å². The average molecular weight is 223 g/mol. The molecule has 0 aromatic heterocycles. The Kier molecular flexibility index (Phi) is 2.39. The third kappa shape index (κ3) is 1.40. The Hall–Kier alpha value is -1.15. The Labute approximate surface area is 93.3 Å². The van der Waals surface area contributed by atoms with E-state index in [4.69, 9.17) is 12.2 Å². The number of terminal acetylenes is 1. The third-order valence-electron chi connectivity index (χ3n) is 2.92. The second-order valence-electron chi connectivity index (χ2n) is 3.93. The lowest BCUT2D eigenvalue weighted by Gasteiger charge is -2.32. The number of amidine groups is 1.